The summed E-state index contributed by atoms with van der Waals surface area (Å²) in [5.74, 6) is 0.813. The van der Waals surface area contributed by atoms with E-state index in [-0.39, 0.29) is 12.6 Å². The third kappa shape index (κ3) is 7.92. The molecule has 0 radical (unpaired) electrons. The first kappa shape index (κ1) is 28.8. The highest BCUT2D eigenvalue weighted by Crippen LogP contribution is 2.35. The van der Waals surface area contributed by atoms with Crippen molar-refractivity contribution in [3.63, 3.8) is 0 Å². The number of benzene rings is 4. The molecule has 0 aliphatic carbocycles. The van der Waals surface area contributed by atoms with Gasteiger partial charge in [-0.25, -0.2) is 4.79 Å². The van der Waals surface area contributed by atoms with Crippen molar-refractivity contribution in [2.45, 2.75) is 32.8 Å². The normalized spacial score (nSPS) is 12.4. The number of hydrogen-bond donors (Lipinski definition) is 2. The Balaban J connectivity index is 1.59. The lowest BCUT2D eigenvalue weighted by Gasteiger charge is -2.18. The Morgan fingerprint density at radius 3 is 1.82 bits per heavy atom. The third-order valence-corrected chi connectivity index (χ3v) is 6.53. The zero-order valence-electron chi connectivity index (χ0n) is 23.2. The number of ether oxygens (including phenoxy) is 2. The van der Waals surface area contributed by atoms with Crippen LogP contribution in [0, 0.1) is 0 Å². The maximum atomic E-state index is 12.5. The minimum absolute atomic E-state index is 0.228. The van der Waals surface area contributed by atoms with Crippen molar-refractivity contribution in [2.24, 2.45) is 0 Å². The maximum Gasteiger partial charge on any atom is 0.343 e. The number of esters is 1. The maximum absolute atomic E-state index is 12.5. The first-order chi connectivity index (χ1) is 19.6. The van der Waals surface area contributed by atoms with Crippen LogP contribution >= 0.6 is 0 Å². The summed E-state index contributed by atoms with van der Waals surface area (Å²) in [6.45, 7) is 5.86. The van der Waals surface area contributed by atoms with Gasteiger partial charge in [-0.3, -0.25) is 0 Å². The van der Waals surface area contributed by atoms with Crippen molar-refractivity contribution in [3.05, 3.63) is 131 Å². The Bertz CT molecular complexity index is 1360. The monoisotopic (exact) mass is 535 g/mol. The quantitative estimate of drug-likeness (QED) is 0.0834. The van der Waals surface area contributed by atoms with E-state index < -0.39 is 6.10 Å². The minimum Gasteiger partial charge on any atom is -0.491 e. The Labute approximate surface area is 237 Å². The molecule has 4 aromatic carbocycles. The van der Waals surface area contributed by atoms with Gasteiger partial charge in [-0.1, -0.05) is 86.6 Å². The number of carbonyl (C=O) groups excluding carboxylic acids is 1. The number of aliphatic hydroxyl groups excluding tert-OH is 1. The molecular weight excluding hydrogens is 498 g/mol. The van der Waals surface area contributed by atoms with Crippen LogP contribution in [0.15, 0.2) is 109 Å². The molecule has 0 fully saturated rings. The molecule has 1 atom stereocenters. The molecule has 0 saturated heterocycles. The molecule has 0 bridgehead atoms. The minimum atomic E-state index is -0.569. The van der Waals surface area contributed by atoms with Gasteiger partial charge in [-0.2, -0.15) is 0 Å². The molecular formula is C35H37NO4. The number of aliphatic hydroxyl groups is 1. The van der Waals surface area contributed by atoms with E-state index in [9.17, 15) is 9.90 Å². The molecule has 0 spiro atoms. The second-order valence-corrected chi connectivity index (χ2v) is 9.55. The van der Waals surface area contributed by atoms with Crippen LogP contribution in [0.25, 0.3) is 11.1 Å². The fourth-order valence-electron chi connectivity index (χ4n) is 4.52. The predicted octanol–water partition coefficient (Wildman–Crippen LogP) is 7.01. The number of hydrogen-bond acceptors (Lipinski definition) is 5. The van der Waals surface area contributed by atoms with E-state index in [1.807, 2.05) is 84.9 Å². The summed E-state index contributed by atoms with van der Waals surface area (Å²) in [6, 6.07) is 35.0. The number of allylic oxidation sites excluding steroid dienone is 1. The highest BCUT2D eigenvalue weighted by atomic mass is 16.5. The van der Waals surface area contributed by atoms with Gasteiger partial charge in [0.1, 0.15) is 24.2 Å². The molecule has 0 heterocycles. The molecule has 0 amide bonds. The molecule has 1 unspecified atom stereocenters. The standard InChI is InChI=1S/C35H37NO4/c1-3-23-36-24-30(37)25-39-31-19-15-27(16-20-31)34(33(4-2)26-11-7-5-8-12-26)28-17-21-32(22-18-28)40-35(38)29-13-9-6-10-14-29/h5-22,30,36-37H,3-4,23-25H2,1-2H3/b34-33+. The Morgan fingerprint density at radius 1 is 0.725 bits per heavy atom. The summed E-state index contributed by atoms with van der Waals surface area (Å²) in [6.07, 6.45) is 1.29. The summed E-state index contributed by atoms with van der Waals surface area (Å²) in [4.78, 5) is 12.5. The van der Waals surface area contributed by atoms with Crippen LogP contribution in [-0.4, -0.2) is 36.9 Å². The topological polar surface area (TPSA) is 67.8 Å². The fourth-order valence-corrected chi connectivity index (χ4v) is 4.52. The van der Waals surface area contributed by atoms with Gasteiger partial charge >= 0.3 is 5.97 Å². The van der Waals surface area contributed by atoms with E-state index in [2.05, 4.69) is 31.3 Å². The molecule has 206 valence electrons. The van der Waals surface area contributed by atoms with E-state index in [0.29, 0.717) is 23.6 Å². The van der Waals surface area contributed by atoms with Gasteiger partial charge < -0.3 is 19.9 Å². The van der Waals surface area contributed by atoms with Crippen LogP contribution in [0.2, 0.25) is 0 Å². The second kappa shape index (κ2) is 14.8. The summed E-state index contributed by atoms with van der Waals surface area (Å²) in [5.41, 5.74) is 6.04. The highest BCUT2D eigenvalue weighted by Gasteiger charge is 2.15. The molecule has 0 aliphatic rings. The lowest BCUT2D eigenvalue weighted by atomic mass is 9.88. The largest absolute Gasteiger partial charge is 0.491 e. The van der Waals surface area contributed by atoms with Gasteiger partial charge in [0.15, 0.2) is 0 Å². The number of carbonyl (C=O) groups is 1. The summed E-state index contributed by atoms with van der Waals surface area (Å²) >= 11 is 0. The van der Waals surface area contributed by atoms with Gasteiger partial charge in [0.2, 0.25) is 0 Å². The van der Waals surface area contributed by atoms with Crippen LogP contribution in [-0.2, 0) is 0 Å². The molecule has 0 aliphatic heterocycles. The third-order valence-electron chi connectivity index (χ3n) is 6.53. The summed E-state index contributed by atoms with van der Waals surface area (Å²) in [5, 5.41) is 13.4. The van der Waals surface area contributed by atoms with Crippen LogP contribution < -0.4 is 14.8 Å². The Hall–Kier alpha value is -4.19. The molecule has 2 N–H and O–H groups in total. The van der Waals surface area contributed by atoms with Crippen molar-refractivity contribution >= 4 is 17.1 Å². The van der Waals surface area contributed by atoms with Gasteiger partial charge in [-0.15, -0.1) is 0 Å². The smallest absolute Gasteiger partial charge is 0.343 e. The zero-order chi connectivity index (χ0) is 28.2. The Morgan fingerprint density at radius 2 is 1.27 bits per heavy atom. The molecule has 5 nitrogen and oxygen atoms in total. The lowest BCUT2D eigenvalue weighted by molar-refractivity contribution is 0.0734. The predicted molar refractivity (Wildman–Crippen MR) is 162 cm³/mol. The first-order valence-electron chi connectivity index (χ1n) is 13.9. The lowest BCUT2D eigenvalue weighted by Crippen LogP contribution is -2.31. The summed E-state index contributed by atoms with van der Waals surface area (Å²) < 4.78 is 11.5. The molecule has 0 aromatic heterocycles. The van der Waals surface area contributed by atoms with Crippen LogP contribution in [0.1, 0.15) is 53.7 Å². The van der Waals surface area contributed by atoms with Crippen LogP contribution in [0.3, 0.4) is 0 Å². The van der Waals surface area contributed by atoms with Crippen LogP contribution in [0.4, 0.5) is 0 Å². The van der Waals surface area contributed by atoms with E-state index in [0.717, 1.165) is 41.6 Å². The molecule has 0 saturated carbocycles. The van der Waals surface area contributed by atoms with Crippen LogP contribution in [0.5, 0.6) is 11.5 Å². The van der Waals surface area contributed by atoms with Crippen molar-refractivity contribution in [1.29, 1.82) is 0 Å². The van der Waals surface area contributed by atoms with E-state index in [1.54, 1.807) is 12.1 Å². The van der Waals surface area contributed by atoms with Gasteiger partial charge in [0, 0.05) is 6.54 Å². The van der Waals surface area contributed by atoms with Crippen molar-refractivity contribution in [1.82, 2.24) is 5.32 Å². The van der Waals surface area contributed by atoms with Crippen molar-refractivity contribution in [2.75, 3.05) is 19.7 Å². The number of nitrogens with one attached hydrogen (secondary N) is 1. The van der Waals surface area contributed by atoms with Gasteiger partial charge in [0.05, 0.1) is 5.56 Å². The second-order valence-electron chi connectivity index (χ2n) is 9.55. The molecule has 4 aromatic rings. The zero-order valence-corrected chi connectivity index (χ0v) is 23.2. The average Bonchev–Trinajstić information content (AvgIpc) is 3.00. The first-order valence-corrected chi connectivity index (χ1v) is 13.9. The fraction of sp³-hybridized carbons (Fsp3) is 0.229. The Kier molecular flexibility index (Phi) is 10.7. The van der Waals surface area contributed by atoms with E-state index in [1.165, 1.54) is 5.57 Å². The highest BCUT2D eigenvalue weighted by molar-refractivity contribution is 5.98. The van der Waals surface area contributed by atoms with E-state index >= 15 is 0 Å². The van der Waals surface area contributed by atoms with E-state index in [4.69, 9.17) is 9.47 Å². The number of rotatable bonds is 13. The van der Waals surface area contributed by atoms with Gasteiger partial charge in [0.25, 0.3) is 0 Å². The van der Waals surface area contributed by atoms with Gasteiger partial charge in [-0.05, 0) is 83.6 Å². The van der Waals surface area contributed by atoms with Crippen molar-refractivity contribution in [3.8, 4) is 11.5 Å². The molecule has 5 heteroatoms. The average molecular weight is 536 g/mol. The molecule has 40 heavy (non-hydrogen) atoms. The SMILES string of the molecule is CCCNCC(O)COc1ccc(/C(=C(/CC)c2ccccc2)c2ccc(OC(=O)c3ccccc3)cc2)cc1. The molecule has 4 rings (SSSR count). The summed E-state index contributed by atoms with van der Waals surface area (Å²) in [7, 11) is 0. The van der Waals surface area contributed by atoms with Crippen molar-refractivity contribution < 1.29 is 19.4 Å².